The highest BCUT2D eigenvalue weighted by Crippen LogP contribution is 2.17. The van der Waals surface area contributed by atoms with Gasteiger partial charge in [-0.15, -0.1) is 11.6 Å². The molecule has 20 heavy (non-hydrogen) atoms. The van der Waals surface area contributed by atoms with Crippen molar-refractivity contribution in [3.63, 3.8) is 0 Å². The number of rotatable bonds is 4. The smallest absolute Gasteiger partial charge is 0.160 e. The SMILES string of the molecule is Cc1cnc2c(c1)nc(CCl)n2CCN1CCOCC1. The topological polar surface area (TPSA) is 43.2 Å². The Balaban J connectivity index is 1.81. The fraction of sp³-hybridized carbons (Fsp3) is 0.571. The fourth-order valence-electron chi connectivity index (χ4n) is 2.56. The molecule has 1 aliphatic heterocycles. The first kappa shape index (κ1) is 13.8. The van der Waals surface area contributed by atoms with E-state index in [0.29, 0.717) is 5.88 Å². The van der Waals surface area contributed by atoms with Gasteiger partial charge in [0.15, 0.2) is 5.65 Å². The molecule has 5 nitrogen and oxygen atoms in total. The second-order valence-electron chi connectivity index (χ2n) is 5.12. The minimum atomic E-state index is 0.415. The molecule has 0 atom stereocenters. The Hall–Kier alpha value is -1.17. The summed E-state index contributed by atoms with van der Waals surface area (Å²) in [5.74, 6) is 1.31. The maximum absolute atomic E-state index is 6.02. The molecule has 0 amide bonds. The summed E-state index contributed by atoms with van der Waals surface area (Å²) in [4.78, 5) is 11.5. The highest BCUT2D eigenvalue weighted by Gasteiger charge is 2.14. The third kappa shape index (κ3) is 2.80. The Kier molecular flexibility index (Phi) is 4.19. The summed E-state index contributed by atoms with van der Waals surface area (Å²) >= 11 is 6.02. The van der Waals surface area contributed by atoms with Gasteiger partial charge in [-0.1, -0.05) is 0 Å². The third-order valence-corrected chi connectivity index (χ3v) is 3.90. The molecule has 1 fully saturated rings. The molecule has 1 saturated heterocycles. The van der Waals surface area contributed by atoms with Crippen molar-refractivity contribution < 1.29 is 4.74 Å². The van der Waals surface area contributed by atoms with Crippen LogP contribution >= 0.6 is 11.6 Å². The molecule has 0 spiro atoms. The summed E-state index contributed by atoms with van der Waals surface area (Å²) in [6, 6.07) is 2.06. The third-order valence-electron chi connectivity index (χ3n) is 3.66. The van der Waals surface area contributed by atoms with Crippen LogP contribution < -0.4 is 0 Å². The minimum absolute atomic E-state index is 0.415. The molecule has 6 heteroatoms. The van der Waals surface area contributed by atoms with E-state index in [-0.39, 0.29) is 0 Å². The van der Waals surface area contributed by atoms with Crippen molar-refractivity contribution in [1.82, 2.24) is 19.4 Å². The number of alkyl halides is 1. The molecule has 2 aromatic heterocycles. The molecule has 0 aromatic carbocycles. The second kappa shape index (κ2) is 6.08. The number of hydrogen-bond acceptors (Lipinski definition) is 4. The van der Waals surface area contributed by atoms with Crippen LogP contribution in [0.2, 0.25) is 0 Å². The number of halogens is 1. The van der Waals surface area contributed by atoms with Crippen molar-refractivity contribution in [2.45, 2.75) is 19.3 Å². The predicted octanol–water partition coefficient (Wildman–Crippen LogP) is 1.81. The van der Waals surface area contributed by atoms with Crippen LogP contribution in [-0.2, 0) is 17.2 Å². The molecule has 1 aliphatic rings. The van der Waals surface area contributed by atoms with Crippen LogP contribution in [0.4, 0.5) is 0 Å². The van der Waals surface area contributed by atoms with Crippen LogP contribution in [0.3, 0.4) is 0 Å². The van der Waals surface area contributed by atoms with Gasteiger partial charge in [0.2, 0.25) is 0 Å². The van der Waals surface area contributed by atoms with E-state index in [1.165, 1.54) is 0 Å². The molecule has 3 rings (SSSR count). The first-order chi connectivity index (χ1) is 9.78. The van der Waals surface area contributed by atoms with Crippen LogP contribution in [0.15, 0.2) is 12.3 Å². The summed E-state index contributed by atoms with van der Waals surface area (Å²) in [7, 11) is 0. The molecule has 0 aliphatic carbocycles. The summed E-state index contributed by atoms with van der Waals surface area (Å²) in [5, 5.41) is 0. The molecular formula is C14H19ClN4O. The van der Waals surface area contributed by atoms with Crippen molar-refractivity contribution in [2.24, 2.45) is 0 Å². The number of aromatic nitrogens is 3. The van der Waals surface area contributed by atoms with E-state index in [4.69, 9.17) is 16.3 Å². The lowest BCUT2D eigenvalue weighted by atomic mass is 10.3. The molecule has 0 N–H and O–H groups in total. The zero-order chi connectivity index (χ0) is 13.9. The normalized spacial score (nSPS) is 16.9. The van der Waals surface area contributed by atoms with E-state index in [1.807, 2.05) is 13.1 Å². The molecule has 0 bridgehead atoms. The first-order valence-corrected chi connectivity index (χ1v) is 7.49. The molecular weight excluding hydrogens is 276 g/mol. The van der Waals surface area contributed by atoms with Gasteiger partial charge in [-0.2, -0.15) is 0 Å². The van der Waals surface area contributed by atoms with Gasteiger partial charge in [0.05, 0.1) is 19.1 Å². The van der Waals surface area contributed by atoms with E-state index in [9.17, 15) is 0 Å². The number of aryl methyl sites for hydroxylation is 1. The van der Waals surface area contributed by atoms with Gasteiger partial charge in [0.25, 0.3) is 0 Å². The Bertz CT molecular complexity index is 592. The van der Waals surface area contributed by atoms with Crippen molar-refractivity contribution in [2.75, 3.05) is 32.8 Å². The molecule has 3 heterocycles. The molecule has 2 aromatic rings. The monoisotopic (exact) mass is 294 g/mol. The van der Waals surface area contributed by atoms with Gasteiger partial charge < -0.3 is 9.30 Å². The number of hydrogen-bond donors (Lipinski definition) is 0. The second-order valence-corrected chi connectivity index (χ2v) is 5.39. The van der Waals surface area contributed by atoms with Gasteiger partial charge in [0, 0.05) is 32.4 Å². The van der Waals surface area contributed by atoms with Gasteiger partial charge >= 0.3 is 0 Å². The van der Waals surface area contributed by atoms with Crippen molar-refractivity contribution >= 4 is 22.8 Å². The number of nitrogens with zero attached hydrogens (tertiary/aromatic N) is 4. The van der Waals surface area contributed by atoms with Crippen molar-refractivity contribution in [3.8, 4) is 0 Å². The number of fused-ring (bicyclic) bond motifs is 1. The van der Waals surface area contributed by atoms with Crippen LogP contribution in [-0.4, -0.2) is 52.3 Å². The average Bonchev–Trinajstić information content (AvgIpc) is 2.83. The number of morpholine rings is 1. The highest BCUT2D eigenvalue weighted by molar-refractivity contribution is 6.16. The van der Waals surface area contributed by atoms with E-state index >= 15 is 0 Å². The average molecular weight is 295 g/mol. The first-order valence-electron chi connectivity index (χ1n) is 6.96. The van der Waals surface area contributed by atoms with Crippen LogP contribution in [0.5, 0.6) is 0 Å². The Labute approximate surface area is 123 Å². The van der Waals surface area contributed by atoms with Gasteiger partial charge in [-0.25, -0.2) is 9.97 Å². The van der Waals surface area contributed by atoms with Gasteiger partial charge in [0.1, 0.15) is 11.3 Å². The van der Waals surface area contributed by atoms with Crippen LogP contribution in [0.1, 0.15) is 11.4 Å². The van der Waals surface area contributed by atoms with Crippen LogP contribution in [0, 0.1) is 6.92 Å². The number of ether oxygens (including phenoxy) is 1. The van der Waals surface area contributed by atoms with Crippen molar-refractivity contribution in [3.05, 3.63) is 23.7 Å². The Morgan fingerprint density at radius 2 is 2.10 bits per heavy atom. The predicted molar refractivity (Wildman–Crippen MR) is 79.1 cm³/mol. The Morgan fingerprint density at radius 1 is 1.30 bits per heavy atom. The molecule has 0 radical (unpaired) electrons. The van der Waals surface area contributed by atoms with E-state index in [1.54, 1.807) is 0 Å². The lowest BCUT2D eigenvalue weighted by Gasteiger charge is -2.26. The minimum Gasteiger partial charge on any atom is -0.379 e. The van der Waals surface area contributed by atoms with E-state index in [2.05, 4.69) is 25.5 Å². The molecule has 108 valence electrons. The van der Waals surface area contributed by atoms with E-state index < -0.39 is 0 Å². The highest BCUT2D eigenvalue weighted by atomic mass is 35.5. The summed E-state index contributed by atoms with van der Waals surface area (Å²) in [6.07, 6.45) is 1.88. The molecule has 0 unspecified atom stereocenters. The molecule has 0 saturated carbocycles. The Morgan fingerprint density at radius 3 is 2.85 bits per heavy atom. The van der Waals surface area contributed by atoms with Crippen LogP contribution in [0.25, 0.3) is 11.2 Å². The fourth-order valence-corrected chi connectivity index (χ4v) is 2.77. The number of imidazole rings is 1. The lowest BCUT2D eigenvalue weighted by Crippen LogP contribution is -2.38. The van der Waals surface area contributed by atoms with Crippen molar-refractivity contribution in [1.29, 1.82) is 0 Å². The maximum atomic E-state index is 6.02. The van der Waals surface area contributed by atoms with E-state index in [0.717, 1.165) is 61.9 Å². The summed E-state index contributed by atoms with van der Waals surface area (Å²) in [5.41, 5.74) is 2.98. The zero-order valence-electron chi connectivity index (χ0n) is 11.7. The standard InChI is InChI=1S/C14H19ClN4O/c1-11-8-12-14(16-10-11)19(13(9-15)17-12)3-2-18-4-6-20-7-5-18/h8,10H,2-7,9H2,1H3. The van der Waals surface area contributed by atoms with Gasteiger partial charge in [-0.3, -0.25) is 4.90 Å². The van der Waals surface area contributed by atoms with Gasteiger partial charge in [-0.05, 0) is 18.6 Å². The lowest BCUT2D eigenvalue weighted by molar-refractivity contribution is 0.0364. The summed E-state index contributed by atoms with van der Waals surface area (Å²) in [6.45, 7) is 7.52. The maximum Gasteiger partial charge on any atom is 0.160 e. The number of pyridine rings is 1. The quantitative estimate of drug-likeness (QED) is 0.807. The summed E-state index contributed by atoms with van der Waals surface area (Å²) < 4.78 is 7.51. The zero-order valence-corrected chi connectivity index (χ0v) is 12.4. The largest absolute Gasteiger partial charge is 0.379 e.